The first-order valence-corrected chi connectivity index (χ1v) is 4.23. The number of aryl methyl sites for hydroxylation is 1. The topological polar surface area (TPSA) is 106 Å². The Balaban J connectivity index is 2.91. The number of carboxylic acids is 1. The summed E-state index contributed by atoms with van der Waals surface area (Å²) in [6, 6.07) is 0. The Morgan fingerprint density at radius 2 is 2.00 bits per heavy atom. The molecule has 0 aromatic carbocycles. The van der Waals surface area contributed by atoms with E-state index in [0.717, 1.165) is 0 Å². The molecule has 0 aliphatic rings. The maximum Gasteiger partial charge on any atom is 0.356 e. The van der Waals surface area contributed by atoms with Gasteiger partial charge in [-0.25, -0.2) is 4.79 Å². The second-order valence-electron chi connectivity index (χ2n) is 3.20. The number of anilines is 1. The van der Waals surface area contributed by atoms with Gasteiger partial charge in [-0.05, 0) is 19.4 Å². The molecule has 0 fully saturated rings. The molecule has 7 heteroatoms. The molecule has 0 amide bonds. The van der Waals surface area contributed by atoms with Gasteiger partial charge in [-0.3, -0.25) is 0 Å². The van der Waals surface area contributed by atoms with Gasteiger partial charge >= 0.3 is 5.97 Å². The van der Waals surface area contributed by atoms with Crippen LogP contribution in [0.25, 0.3) is 5.65 Å². The van der Waals surface area contributed by atoms with Crippen molar-refractivity contribution in [2.45, 2.75) is 13.8 Å². The number of nitrogen functional groups attached to an aromatic ring is 1. The Labute approximate surface area is 84.5 Å². The minimum absolute atomic E-state index is 0.0356. The molecule has 0 radical (unpaired) electrons. The number of carboxylic acid groups (broad SMARTS) is 1. The lowest BCUT2D eigenvalue weighted by molar-refractivity contribution is 0.0688. The fourth-order valence-electron chi connectivity index (χ4n) is 1.35. The molecule has 0 bridgehead atoms. The molecule has 0 saturated heterocycles. The number of aromatic carboxylic acids is 1. The molecule has 78 valence electrons. The highest BCUT2D eigenvalue weighted by Crippen LogP contribution is 2.16. The van der Waals surface area contributed by atoms with Crippen LogP contribution in [0.1, 0.15) is 21.6 Å². The summed E-state index contributed by atoms with van der Waals surface area (Å²) in [5, 5.41) is 20.2. The lowest BCUT2D eigenvalue weighted by atomic mass is 10.1. The van der Waals surface area contributed by atoms with E-state index in [9.17, 15) is 4.79 Å². The van der Waals surface area contributed by atoms with Crippen LogP contribution in [-0.4, -0.2) is 30.9 Å². The van der Waals surface area contributed by atoms with Gasteiger partial charge in [0.2, 0.25) is 5.95 Å². The van der Waals surface area contributed by atoms with Gasteiger partial charge in [-0.15, -0.1) is 10.2 Å². The van der Waals surface area contributed by atoms with Gasteiger partial charge in [-0.2, -0.15) is 9.61 Å². The Morgan fingerprint density at radius 1 is 1.33 bits per heavy atom. The van der Waals surface area contributed by atoms with Gasteiger partial charge in [-0.1, -0.05) is 0 Å². The number of aromatic nitrogens is 4. The van der Waals surface area contributed by atoms with E-state index in [1.807, 2.05) is 0 Å². The minimum atomic E-state index is -1.09. The lowest BCUT2D eigenvalue weighted by Crippen LogP contribution is -2.11. The first-order chi connectivity index (χ1) is 7.02. The van der Waals surface area contributed by atoms with Gasteiger partial charge in [0, 0.05) is 5.56 Å². The minimum Gasteiger partial charge on any atom is -0.476 e. The second-order valence-corrected chi connectivity index (χ2v) is 3.20. The Bertz CT molecular complexity index is 560. The summed E-state index contributed by atoms with van der Waals surface area (Å²) in [5.41, 5.74) is 7.23. The molecule has 3 N–H and O–H groups in total. The number of rotatable bonds is 1. The van der Waals surface area contributed by atoms with Crippen molar-refractivity contribution in [3.63, 3.8) is 0 Å². The van der Waals surface area contributed by atoms with Gasteiger partial charge in [0.15, 0.2) is 11.3 Å². The number of hydrogen-bond acceptors (Lipinski definition) is 5. The predicted molar refractivity (Wildman–Crippen MR) is 51.6 cm³/mol. The van der Waals surface area contributed by atoms with Crippen LogP contribution in [0.3, 0.4) is 0 Å². The van der Waals surface area contributed by atoms with Gasteiger partial charge in [0.25, 0.3) is 0 Å². The molecule has 0 aliphatic carbocycles. The third-order valence-electron chi connectivity index (χ3n) is 2.32. The summed E-state index contributed by atoms with van der Waals surface area (Å²) in [4.78, 5) is 10.9. The van der Waals surface area contributed by atoms with Crippen LogP contribution in [0.15, 0.2) is 0 Å². The second kappa shape index (κ2) is 2.91. The van der Waals surface area contributed by atoms with E-state index in [1.54, 1.807) is 13.8 Å². The standard InChI is InChI=1S/C8H9N5O2/c1-3-4(2)6-10-11-8(9)13(6)12-5(3)7(14)15/h1-2H3,(H2,9,11)(H,14,15). The van der Waals surface area contributed by atoms with Gasteiger partial charge < -0.3 is 10.8 Å². The molecule has 2 aromatic rings. The molecule has 2 heterocycles. The number of fused-ring (bicyclic) bond motifs is 1. The number of nitrogens with two attached hydrogens (primary N) is 1. The maximum absolute atomic E-state index is 10.9. The number of nitrogens with zero attached hydrogens (tertiary/aromatic N) is 4. The maximum atomic E-state index is 10.9. The molecule has 7 nitrogen and oxygen atoms in total. The summed E-state index contributed by atoms with van der Waals surface area (Å²) >= 11 is 0. The highest BCUT2D eigenvalue weighted by molar-refractivity contribution is 5.87. The fourth-order valence-corrected chi connectivity index (χ4v) is 1.35. The van der Waals surface area contributed by atoms with Crippen molar-refractivity contribution in [3.05, 3.63) is 16.8 Å². The van der Waals surface area contributed by atoms with Crippen LogP contribution >= 0.6 is 0 Å². The van der Waals surface area contributed by atoms with E-state index in [2.05, 4.69) is 15.3 Å². The highest BCUT2D eigenvalue weighted by atomic mass is 16.4. The van der Waals surface area contributed by atoms with Crippen molar-refractivity contribution in [2.75, 3.05) is 5.73 Å². The van der Waals surface area contributed by atoms with Crippen molar-refractivity contribution in [2.24, 2.45) is 0 Å². The van der Waals surface area contributed by atoms with Crippen LogP contribution in [0.4, 0.5) is 5.95 Å². The highest BCUT2D eigenvalue weighted by Gasteiger charge is 2.17. The summed E-state index contributed by atoms with van der Waals surface area (Å²) < 4.78 is 1.23. The summed E-state index contributed by atoms with van der Waals surface area (Å²) in [7, 11) is 0. The van der Waals surface area contributed by atoms with Crippen molar-refractivity contribution in [1.29, 1.82) is 0 Å². The van der Waals surface area contributed by atoms with Crippen LogP contribution in [0, 0.1) is 13.8 Å². The SMILES string of the molecule is Cc1c(C(=O)O)nn2c(N)nnc2c1C. The molecular weight excluding hydrogens is 198 g/mol. The third-order valence-corrected chi connectivity index (χ3v) is 2.32. The third kappa shape index (κ3) is 1.20. The van der Waals surface area contributed by atoms with Crippen LogP contribution in [0.5, 0.6) is 0 Å². The van der Waals surface area contributed by atoms with Gasteiger partial charge in [0.05, 0.1) is 0 Å². The zero-order valence-electron chi connectivity index (χ0n) is 8.22. The van der Waals surface area contributed by atoms with E-state index >= 15 is 0 Å². The molecule has 15 heavy (non-hydrogen) atoms. The Kier molecular flexibility index (Phi) is 1.82. The van der Waals surface area contributed by atoms with Crippen molar-refractivity contribution >= 4 is 17.6 Å². The first kappa shape index (κ1) is 9.38. The van der Waals surface area contributed by atoms with E-state index in [0.29, 0.717) is 16.8 Å². The van der Waals surface area contributed by atoms with Crippen molar-refractivity contribution < 1.29 is 9.90 Å². The first-order valence-electron chi connectivity index (χ1n) is 4.23. The molecule has 2 rings (SSSR count). The van der Waals surface area contributed by atoms with Crippen molar-refractivity contribution in [1.82, 2.24) is 19.8 Å². The quantitative estimate of drug-likeness (QED) is 0.682. The van der Waals surface area contributed by atoms with Crippen LogP contribution < -0.4 is 5.73 Å². The lowest BCUT2D eigenvalue weighted by Gasteiger charge is -2.04. The largest absolute Gasteiger partial charge is 0.476 e. The predicted octanol–water partition coefficient (Wildman–Crippen LogP) is 0.0215. The molecule has 0 unspecified atom stereocenters. The average molecular weight is 207 g/mol. The smallest absolute Gasteiger partial charge is 0.356 e. The number of hydrogen-bond donors (Lipinski definition) is 2. The number of carbonyl (C=O) groups is 1. The monoisotopic (exact) mass is 207 g/mol. The fraction of sp³-hybridized carbons (Fsp3) is 0.250. The van der Waals surface area contributed by atoms with Crippen molar-refractivity contribution in [3.8, 4) is 0 Å². The van der Waals surface area contributed by atoms with Crippen LogP contribution in [0.2, 0.25) is 0 Å². The normalized spacial score (nSPS) is 10.8. The molecule has 0 spiro atoms. The molecular formula is C8H9N5O2. The van der Waals surface area contributed by atoms with Crippen LogP contribution in [-0.2, 0) is 0 Å². The van der Waals surface area contributed by atoms with E-state index in [4.69, 9.17) is 10.8 Å². The summed E-state index contributed by atoms with van der Waals surface area (Å²) in [5.74, 6) is -1.01. The average Bonchev–Trinajstić information content (AvgIpc) is 2.53. The van der Waals surface area contributed by atoms with E-state index in [1.165, 1.54) is 4.52 Å². The molecule has 0 saturated carbocycles. The molecule has 0 aliphatic heterocycles. The Hall–Kier alpha value is -2.18. The zero-order valence-corrected chi connectivity index (χ0v) is 8.22. The summed E-state index contributed by atoms with van der Waals surface area (Å²) in [6.07, 6.45) is 0. The van der Waals surface area contributed by atoms with E-state index in [-0.39, 0.29) is 11.6 Å². The Morgan fingerprint density at radius 3 is 2.60 bits per heavy atom. The molecule has 2 aromatic heterocycles. The zero-order chi connectivity index (χ0) is 11.2. The van der Waals surface area contributed by atoms with E-state index < -0.39 is 5.97 Å². The van der Waals surface area contributed by atoms with Gasteiger partial charge in [0.1, 0.15) is 0 Å². The summed E-state index contributed by atoms with van der Waals surface area (Å²) in [6.45, 7) is 3.43. The molecule has 0 atom stereocenters.